The van der Waals surface area contributed by atoms with Crippen molar-refractivity contribution in [2.45, 2.75) is 0 Å². The fraction of sp³-hybridized carbons (Fsp3) is 0. The molecule has 0 atom stereocenters. The van der Waals surface area contributed by atoms with Gasteiger partial charge in [0.25, 0.3) is 5.95 Å². The van der Waals surface area contributed by atoms with Gasteiger partial charge in [-0.3, -0.25) is 0 Å². The van der Waals surface area contributed by atoms with Gasteiger partial charge in [-0.15, -0.1) is 0 Å². The first-order chi connectivity index (χ1) is 7.18. The summed E-state index contributed by atoms with van der Waals surface area (Å²) in [5.41, 5.74) is -0.269. The van der Waals surface area contributed by atoms with Crippen LogP contribution in [0.1, 0.15) is 0 Å². The Morgan fingerprint density at radius 3 is 2.27 bits per heavy atom. The molecule has 0 radical (unpaired) electrons. The lowest BCUT2D eigenvalue weighted by molar-refractivity contribution is 0.449. The summed E-state index contributed by atoms with van der Waals surface area (Å²) in [6, 6.07) is 2.20. The number of nitrogens with zero attached hydrogens (tertiary/aromatic N) is 3. The molecule has 0 aliphatic heterocycles. The van der Waals surface area contributed by atoms with Crippen molar-refractivity contribution in [2.24, 2.45) is 0 Å². The van der Waals surface area contributed by atoms with Crippen molar-refractivity contribution in [2.75, 3.05) is 0 Å². The van der Waals surface area contributed by atoms with Crippen molar-refractivity contribution < 1.29 is 13.2 Å². The molecular weight excluding hydrogens is 207 g/mol. The molecular formula is C9H4F3N3. The maximum Gasteiger partial charge on any atom is 0.251 e. The van der Waals surface area contributed by atoms with Crippen molar-refractivity contribution in [3.63, 3.8) is 0 Å². The maximum absolute atomic E-state index is 13.1. The highest BCUT2D eigenvalue weighted by Crippen LogP contribution is 2.18. The molecule has 3 nitrogen and oxygen atoms in total. The van der Waals surface area contributed by atoms with E-state index in [1.807, 2.05) is 0 Å². The van der Waals surface area contributed by atoms with Crippen LogP contribution in [0.5, 0.6) is 0 Å². The Morgan fingerprint density at radius 1 is 0.933 bits per heavy atom. The molecule has 2 aromatic rings. The molecule has 0 bridgehead atoms. The third-order valence-corrected chi connectivity index (χ3v) is 1.69. The molecule has 2 aromatic heterocycles. The standard InChI is InChI=1S/C9H4F3N3/c10-6-4-5(7(11)15-8(6)12)9-13-2-1-3-14-9/h1-4H. The van der Waals surface area contributed by atoms with E-state index in [0.717, 1.165) is 0 Å². The van der Waals surface area contributed by atoms with Gasteiger partial charge >= 0.3 is 0 Å². The monoisotopic (exact) mass is 211 g/mol. The summed E-state index contributed by atoms with van der Waals surface area (Å²) < 4.78 is 38.4. The van der Waals surface area contributed by atoms with Crippen molar-refractivity contribution in [1.82, 2.24) is 15.0 Å². The number of rotatable bonds is 1. The zero-order chi connectivity index (χ0) is 10.8. The van der Waals surface area contributed by atoms with E-state index < -0.39 is 17.7 Å². The third-order valence-electron chi connectivity index (χ3n) is 1.69. The molecule has 2 rings (SSSR count). The Morgan fingerprint density at radius 2 is 1.60 bits per heavy atom. The number of hydrogen-bond donors (Lipinski definition) is 0. The van der Waals surface area contributed by atoms with Crippen LogP contribution in [0, 0.1) is 17.7 Å². The molecule has 0 N–H and O–H groups in total. The van der Waals surface area contributed by atoms with Gasteiger partial charge in [-0.2, -0.15) is 13.8 Å². The van der Waals surface area contributed by atoms with Crippen molar-refractivity contribution in [1.29, 1.82) is 0 Å². The van der Waals surface area contributed by atoms with Crippen molar-refractivity contribution >= 4 is 0 Å². The summed E-state index contributed by atoms with van der Waals surface area (Å²) in [6.07, 6.45) is 2.73. The summed E-state index contributed by atoms with van der Waals surface area (Å²) in [5, 5.41) is 0. The molecule has 0 fully saturated rings. The predicted octanol–water partition coefficient (Wildman–Crippen LogP) is 1.96. The van der Waals surface area contributed by atoms with Gasteiger partial charge in [-0.05, 0) is 12.1 Å². The summed E-state index contributed by atoms with van der Waals surface area (Å²) in [7, 11) is 0. The lowest BCUT2D eigenvalue weighted by Gasteiger charge is -2.00. The summed E-state index contributed by atoms with van der Waals surface area (Å²) >= 11 is 0. The molecule has 6 heteroatoms. The fourth-order valence-corrected chi connectivity index (χ4v) is 1.04. The first-order valence-electron chi connectivity index (χ1n) is 3.97. The average molecular weight is 211 g/mol. The van der Waals surface area contributed by atoms with Crippen LogP contribution in [-0.4, -0.2) is 15.0 Å². The molecule has 2 heterocycles. The van der Waals surface area contributed by atoms with E-state index in [-0.39, 0.29) is 11.4 Å². The highest BCUT2D eigenvalue weighted by Gasteiger charge is 2.14. The van der Waals surface area contributed by atoms with Crippen molar-refractivity contribution in [3.05, 3.63) is 42.2 Å². The Labute approximate surface area is 82.6 Å². The molecule has 0 amide bonds. The largest absolute Gasteiger partial charge is 0.251 e. The third kappa shape index (κ3) is 1.78. The molecule has 0 aliphatic rings. The van der Waals surface area contributed by atoms with Gasteiger partial charge in [-0.1, -0.05) is 0 Å². The van der Waals surface area contributed by atoms with Crippen LogP contribution in [0.3, 0.4) is 0 Å². The van der Waals surface area contributed by atoms with E-state index in [9.17, 15) is 13.2 Å². The van der Waals surface area contributed by atoms with Crippen molar-refractivity contribution in [3.8, 4) is 11.4 Å². The smallest absolute Gasteiger partial charge is 0.236 e. The van der Waals surface area contributed by atoms with Crippen LogP contribution < -0.4 is 0 Å². The molecule has 0 saturated heterocycles. The number of aromatic nitrogens is 3. The van der Waals surface area contributed by atoms with Gasteiger partial charge in [0.2, 0.25) is 5.95 Å². The first-order valence-corrected chi connectivity index (χ1v) is 3.97. The van der Waals surface area contributed by atoms with Crippen LogP contribution in [0.2, 0.25) is 0 Å². The minimum absolute atomic E-state index is 0.0404. The average Bonchev–Trinajstić information content (AvgIpc) is 2.25. The molecule has 15 heavy (non-hydrogen) atoms. The Kier molecular flexibility index (Phi) is 2.32. The Balaban J connectivity index is 2.59. The predicted molar refractivity (Wildman–Crippen MR) is 45.1 cm³/mol. The topological polar surface area (TPSA) is 38.7 Å². The maximum atomic E-state index is 13.1. The molecule has 0 aromatic carbocycles. The Hall–Kier alpha value is -1.98. The highest BCUT2D eigenvalue weighted by molar-refractivity contribution is 5.53. The molecule has 0 aliphatic carbocycles. The SMILES string of the molecule is Fc1cc(-c2ncccn2)c(F)nc1F. The van der Waals surface area contributed by atoms with E-state index in [4.69, 9.17) is 0 Å². The normalized spacial score (nSPS) is 10.3. The van der Waals surface area contributed by atoms with Crippen LogP contribution >= 0.6 is 0 Å². The van der Waals surface area contributed by atoms with E-state index in [2.05, 4.69) is 15.0 Å². The lowest BCUT2D eigenvalue weighted by atomic mass is 10.2. The molecule has 0 saturated carbocycles. The fourth-order valence-electron chi connectivity index (χ4n) is 1.04. The minimum atomic E-state index is -1.48. The van der Waals surface area contributed by atoms with Gasteiger partial charge in [0.1, 0.15) is 0 Å². The second-order valence-electron chi connectivity index (χ2n) is 2.67. The second kappa shape index (κ2) is 3.64. The number of halogens is 3. The summed E-state index contributed by atoms with van der Waals surface area (Å²) in [5.74, 6) is -3.90. The minimum Gasteiger partial charge on any atom is -0.236 e. The van der Waals surface area contributed by atoms with E-state index in [0.29, 0.717) is 6.07 Å². The highest BCUT2D eigenvalue weighted by atomic mass is 19.2. The van der Waals surface area contributed by atoms with Gasteiger partial charge in [0.15, 0.2) is 11.6 Å². The van der Waals surface area contributed by atoms with Crippen LogP contribution in [0.4, 0.5) is 13.2 Å². The Bertz CT molecular complexity index is 487. The second-order valence-corrected chi connectivity index (χ2v) is 2.67. The zero-order valence-electron chi connectivity index (χ0n) is 7.28. The van der Waals surface area contributed by atoms with Crippen LogP contribution in [0.25, 0.3) is 11.4 Å². The van der Waals surface area contributed by atoms with Gasteiger partial charge in [-0.25, -0.2) is 14.4 Å². The van der Waals surface area contributed by atoms with Crippen LogP contribution in [-0.2, 0) is 0 Å². The van der Waals surface area contributed by atoms with Gasteiger partial charge in [0.05, 0.1) is 5.56 Å². The summed E-state index contributed by atoms with van der Waals surface area (Å²) in [4.78, 5) is 10.2. The molecule has 0 spiro atoms. The molecule has 0 unspecified atom stereocenters. The zero-order valence-corrected chi connectivity index (χ0v) is 7.28. The van der Waals surface area contributed by atoms with Gasteiger partial charge in [0, 0.05) is 12.4 Å². The van der Waals surface area contributed by atoms with Crippen LogP contribution in [0.15, 0.2) is 24.5 Å². The quantitative estimate of drug-likeness (QED) is 0.677. The van der Waals surface area contributed by atoms with Gasteiger partial charge < -0.3 is 0 Å². The lowest BCUT2D eigenvalue weighted by Crippen LogP contribution is -1.99. The number of pyridine rings is 1. The molecule has 76 valence electrons. The van der Waals surface area contributed by atoms with E-state index >= 15 is 0 Å². The summed E-state index contributed by atoms with van der Waals surface area (Å²) in [6.45, 7) is 0. The van der Waals surface area contributed by atoms with E-state index in [1.54, 1.807) is 0 Å². The number of hydrogen-bond acceptors (Lipinski definition) is 3. The first kappa shape index (κ1) is 9.57. The van der Waals surface area contributed by atoms with E-state index in [1.165, 1.54) is 18.5 Å².